The summed E-state index contributed by atoms with van der Waals surface area (Å²) in [7, 11) is 1.53. The van der Waals surface area contributed by atoms with E-state index in [2.05, 4.69) is 9.97 Å². The zero-order chi connectivity index (χ0) is 16.3. The first kappa shape index (κ1) is 16.1. The number of halogens is 1. The van der Waals surface area contributed by atoms with E-state index in [4.69, 9.17) is 5.11 Å². The van der Waals surface area contributed by atoms with Gasteiger partial charge < -0.3 is 14.9 Å². The van der Waals surface area contributed by atoms with E-state index in [1.54, 1.807) is 17.2 Å². The highest BCUT2D eigenvalue weighted by atomic mass is 19.1. The van der Waals surface area contributed by atoms with Crippen molar-refractivity contribution in [2.24, 2.45) is 5.92 Å². The van der Waals surface area contributed by atoms with Gasteiger partial charge in [-0.2, -0.15) is 0 Å². The molecule has 1 N–H and O–H groups in total. The maximum absolute atomic E-state index is 13.8. The summed E-state index contributed by atoms with van der Waals surface area (Å²) in [6, 6.07) is 1.45. The largest absolute Gasteiger partial charge is 0.481 e. The molecular weight excluding hydrogens is 291 g/mol. The van der Waals surface area contributed by atoms with Gasteiger partial charge in [0.05, 0.1) is 12.6 Å². The smallest absolute Gasteiger partial charge is 0.315 e. The van der Waals surface area contributed by atoms with Gasteiger partial charge in [0.15, 0.2) is 0 Å². The fourth-order valence-corrected chi connectivity index (χ4v) is 2.61. The molecule has 0 bridgehead atoms. The molecule has 22 heavy (non-hydrogen) atoms. The minimum absolute atomic E-state index is 0.207. The second-order valence-corrected chi connectivity index (χ2v) is 5.49. The molecule has 2 heterocycles. The van der Waals surface area contributed by atoms with E-state index in [0.717, 1.165) is 0 Å². The number of anilines is 1. The molecule has 8 heteroatoms. The third kappa shape index (κ3) is 3.49. The number of carboxylic acids is 1. The molecular formula is C14H19FN4O3. The van der Waals surface area contributed by atoms with Crippen LogP contribution >= 0.6 is 0 Å². The van der Waals surface area contributed by atoms with Gasteiger partial charge in [0.2, 0.25) is 5.91 Å². The highest BCUT2D eigenvalue weighted by Gasteiger charge is 2.35. The van der Waals surface area contributed by atoms with Gasteiger partial charge >= 0.3 is 5.97 Å². The second-order valence-electron chi connectivity index (χ2n) is 5.49. The molecule has 0 aromatic carbocycles. The molecule has 3 atom stereocenters. The summed E-state index contributed by atoms with van der Waals surface area (Å²) in [5.74, 6) is -2.16. The van der Waals surface area contributed by atoms with Gasteiger partial charge in [0.25, 0.3) is 0 Å². The summed E-state index contributed by atoms with van der Waals surface area (Å²) in [4.78, 5) is 34.0. The van der Waals surface area contributed by atoms with Crippen molar-refractivity contribution >= 4 is 17.7 Å². The predicted molar refractivity (Wildman–Crippen MR) is 77.1 cm³/mol. The van der Waals surface area contributed by atoms with E-state index in [-0.39, 0.29) is 25.6 Å². The van der Waals surface area contributed by atoms with Crippen molar-refractivity contribution in [3.05, 3.63) is 18.6 Å². The number of aromatic nitrogens is 2. The number of hydrogen-bond acceptors (Lipinski definition) is 5. The van der Waals surface area contributed by atoms with Crippen LogP contribution in [0.4, 0.5) is 10.2 Å². The van der Waals surface area contributed by atoms with E-state index in [1.807, 2.05) is 0 Å². The molecule has 0 aliphatic carbocycles. The third-order valence-corrected chi connectivity index (χ3v) is 3.83. The van der Waals surface area contributed by atoms with Gasteiger partial charge in [-0.15, -0.1) is 0 Å². The number of carboxylic acid groups (broad SMARTS) is 1. The standard InChI is InChI=1S/C14H19FN4O3/c1-9(14(21)22)13(20)18(2)7-11-5-10(15)6-19(11)12-3-4-16-8-17-12/h3-4,8-11H,5-7H2,1-2H3,(H,21,22)/t9?,10-,11-/m0/s1. The minimum Gasteiger partial charge on any atom is -0.481 e. The molecule has 1 aliphatic rings. The fraction of sp³-hybridized carbons (Fsp3) is 0.571. The molecule has 1 saturated heterocycles. The van der Waals surface area contributed by atoms with Crippen LogP contribution in [-0.4, -0.2) is 64.2 Å². The van der Waals surface area contributed by atoms with E-state index in [1.165, 1.54) is 25.2 Å². The minimum atomic E-state index is -1.17. The first-order chi connectivity index (χ1) is 10.4. The Labute approximate surface area is 127 Å². The number of likely N-dealkylation sites (N-methyl/N-ethyl adjacent to an activating group) is 1. The SMILES string of the molecule is CC(C(=O)O)C(=O)N(C)C[C@@H]1C[C@H](F)CN1c1ccncn1. The topological polar surface area (TPSA) is 86.6 Å². The van der Waals surface area contributed by atoms with Crippen molar-refractivity contribution in [2.45, 2.75) is 25.6 Å². The molecule has 1 aliphatic heterocycles. The van der Waals surface area contributed by atoms with Crippen LogP contribution in [0.2, 0.25) is 0 Å². The lowest BCUT2D eigenvalue weighted by Crippen LogP contribution is -2.44. The average molecular weight is 310 g/mol. The van der Waals surface area contributed by atoms with E-state index < -0.39 is 24.0 Å². The van der Waals surface area contributed by atoms with E-state index >= 15 is 0 Å². The Morgan fingerprint density at radius 3 is 2.91 bits per heavy atom. The Kier molecular flexibility index (Phi) is 4.89. The number of hydrogen-bond donors (Lipinski definition) is 1. The Hall–Kier alpha value is -2.25. The monoisotopic (exact) mass is 310 g/mol. The average Bonchev–Trinajstić information content (AvgIpc) is 2.87. The van der Waals surface area contributed by atoms with Crippen molar-refractivity contribution in [1.29, 1.82) is 0 Å². The van der Waals surface area contributed by atoms with Crippen LogP contribution in [0.25, 0.3) is 0 Å². The Morgan fingerprint density at radius 2 is 2.32 bits per heavy atom. The number of amides is 1. The number of rotatable bonds is 5. The predicted octanol–water partition coefficient (Wildman–Crippen LogP) is 0.572. The molecule has 0 radical (unpaired) electrons. The fourth-order valence-electron chi connectivity index (χ4n) is 2.61. The number of nitrogens with zero attached hydrogens (tertiary/aromatic N) is 4. The van der Waals surface area contributed by atoms with Crippen molar-refractivity contribution in [3.8, 4) is 0 Å². The van der Waals surface area contributed by atoms with Crippen LogP contribution in [0.3, 0.4) is 0 Å². The van der Waals surface area contributed by atoms with Gasteiger partial charge in [-0.3, -0.25) is 9.59 Å². The van der Waals surface area contributed by atoms with Gasteiger partial charge in [-0.1, -0.05) is 0 Å². The maximum atomic E-state index is 13.8. The third-order valence-electron chi connectivity index (χ3n) is 3.83. The molecule has 1 aromatic heterocycles. The molecule has 2 rings (SSSR count). The summed E-state index contributed by atoms with van der Waals surface area (Å²) < 4.78 is 13.8. The molecule has 0 spiro atoms. The van der Waals surface area contributed by atoms with Gasteiger partial charge in [-0.25, -0.2) is 14.4 Å². The van der Waals surface area contributed by atoms with Gasteiger partial charge in [0.1, 0.15) is 24.2 Å². The van der Waals surface area contributed by atoms with Crippen LogP contribution in [-0.2, 0) is 9.59 Å². The molecule has 0 saturated carbocycles. The zero-order valence-electron chi connectivity index (χ0n) is 12.5. The quantitative estimate of drug-likeness (QED) is 0.800. The van der Waals surface area contributed by atoms with Crippen LogP contribution in [0, 0.1) is 5.92 Å². The highest BCUT2D eigenvalue weighted by Crippen LogP contribution is 2.26. The first-order valence-electron chi connectivity index (χ1n) is 7.04. The molecule has 7 nitrogen and oxygen atoms in total. The molecule has 120 valence electrons. The van der Waals surface area contributed by atoms with Crippen LogP contribution in [0.15, 0.2) is 18.6 Å². The summed E-state index contributed by atoms with van der Waals surface area (Å²) in [5.41, 5.74) is 0. The number of alkyl halides is 1. The van der Waals surface area contributed by atoms with E-state index in [9.17, 15) is 14.0 Å². The van der Waals surface area contributed by atoms with Crippen LogP contribution < -0.4 is 4.90 Å². The van der Waals surface area contributed by atoms with Crippen molar-refractivity contribution in [2.75, 3.05) is 25.0 Å². The second kappa shape index (κ2) is 6.67. The molecule has 1 amide bonds. The number of carbonyl (C=O) groups excluding carboxylic acids is 1. The van der Waals surface area contributed by atoms with Gasteiger partial charge in [0, 0.05) is 26.2 Å². The number of aliphatic carboxylic acids is 1. The van der Waals surface area contributed by atoms with Crippen molar-refractivity contribution in [3.63, 3.8) is 0 Å². The lowest BCUT2D eigenvalue weighted by molar-refractivity contribution is -0.149. The Bertz CT molecular complexity index is 542. The van der Waals surface area contributed by atoms with Crippen LogP contribution in [0.5, 0.6) is 0 Å². The summed E-state index contributed by atoms with van der Waals surface area (Å²) in [6.45, 7) is 1.80. The summed E-state index contributed by atoms with van der Waals surface area (Å²) >= 11 is 0. The summed E-state index contributed by atoms with van der Waals surface area (Å²) in [5, 5.41) is 8.90. The van der Waals surface area contributed by atoms with E-state index in [0.29, 0.717) is 5.82 Å². The first-order valence-corrected chi connectivity index (χ1v) is 7.04. The Balaban J connectivity index is 2.07. The van der Waals surface area contributed by atoms with Crippen molar-refractivity contribution in [1.82, 2.24) is 14.9 Å². The summed E-state index contributed by atoms with van der Waals surface area (Å²) in [6.07, 6.45) is 2.25. The van der Waals surface area contributed by atoms with Crippen molar-refractivity contribution < 1.29 is 19.1 Å². The lowest BCUT2D eigenvalue weighted by Gasteiger charge is -2.29. The molecule has 1 aromatic rings. The molecule has 1 fully saturated rings. The molecule has 1 unspecified atom stereocenters. The zero-order valence-corrected chi connectivity index (χ0v) is 12.5. The Morgan fingerprint density at radius 1 is 1.59 bits per heavy atom. The highest BCUT2D eigenvalue weighted by molar-refractivity contribution is 5.96. The normalized spacial score (nSPS) is 22.4. The lowest BCUT2D eigenvalue weighted by atomic mass is 10.1. The maximum Gasteiger partial charge on any atom is 0.315 e. The van der Waals surface area contributed by atoms with Crippen LogP contribution in [0.1, 0.15) is 13.3 Å². The van der Waals surface area contributed by atoms with Gasteiger partial charge in [-0.05, 0) is 13.0 Å². The number of carbonyl (C=O) groups is 2.